The van der Waals surface area contributed by atoms with E-state index < -0.39 is 17.4 Å². The van der Waals surface area contributed by atoms with Gasteiger partial charge in [0.2, 0.25) is 0 Å². The van der Waals surface area contributed by atoms with Crippen LogP contribution in [0.4, 0.5) is 4.39 Å². The molecule has 0 spiro atoms. The molecule has 5 rings (SSSR count). The van der Waals surface area contributed by atoms with Crippen molar-refractivity contribution in [2.75, 3.05) is 0 Å². The van der Waals surface area contributed by atoms with Crippen LogP contribution in [-0.2, 0) is 34.8 Å². The second-order valence-electron chi connectivity index (χ2n) is 7.51. The number of nitrogens with two attached hydrogens (primary N) is 1. The van der Waals surface area contributed by atoms with Crippen LogP contribution in [0, 0.1) is 5.82 Å². The van der Waals surface area contributed by atoms with Gasteiger partial charge in [-0.15, -0.1) is 0 Å². The van der Waals surface area contributed by atoms with Gasteiger partial charge in [0.05, 0.1) is 33.5 Å². The standard InChI is InChI=1S/C21H17BrFN3O4/c1-2-21(29)13-4-17-18-11(7-26(17)19(27)12(13)8-30-20(21)28)10(6-24)9-3-14(22)15(23)5-16(9)25-18/h3-5,29H,2,6-8,24H2,1H3/t21-/m0/s1. The maximum absolute atomic E-state index is 14.2. The number of benzene rings is 1. The summed E-state index contributed by atoms with van der Waals surface area (Å²) in [5.41, 5.74) is 7.21. The number of aromatic nitrogens is 2. The van der Waals surface area contributed by atoms with Crippen LogP contribution in [0.1, 0.15) is 35.6 Å². The fraction of sp³-hybridized carbons (Fsp3) is 0.286. The van der Waals surface area contributed by atoms with Gasteiger partial charge in [-0.2, -0.15) is 0 Å². The number of carbonyl (C=O) groups excluding carboxylic acids is 1. The van der Waals surface area contributed by atoms with E-state index in [4.69, 9.17) is 10.5 Å². The predicted molar refractivity (Wildman–Crippen MR) is 110 cm³/mol. The van der Waals surface area contributed by atoms with Crippen LogP contribution < -0.4 is 11.3 Å². The molecule has 1 atom stereocenters. The van der Waals surface area contributed by atoms with Gasteiger partial charge in [0, 0.05) is 29.1 Å². The second-order valence-corrected chi connectivity index (χ2v) is 8.36. The number of esters is 1. The molecule has 3 N–H and O–H groups in total. The Hall–Kier alpha value is -2.62. The summed E-state index contributed by atoms with van der Waals surface area (Å²) in [6, 6.07) is 4.58. The number of fused-ring (bicyclic) bond motifs is 5. The Morgan fingerprint density at radius 3 is 2.80 bits per heavy atom. The van der Waals surface area contributed by atoms with Crippen molar-refractivity contribution in [3.63, 3.8) is 0 Å². The summed E-state index contributed by atoms with van der Waals surface area (Å²) >= 11 is 3.20. The van der Waals surface area contributed by atoms with E-state index in [9.17, 15) is 19.1 Å². The van der Waals surface area contributed by atoms with Gasteiger partial charge < -0.3 is 20.1 Å². The van der Waals surface area contributed by atoms with Gasteiger partial charge in [0.1, 0.15) is 12.4 Å². The lowest BCUT2D eigenvalue weighted by molar-refractivity contribution is -0.172. The molecule has 30 heavy (non-hydrogen) atoms. The fourth-order valence-corrected chi connectivity index (χ4v) is 4.73. The number of hydrogen-bond acceptors (Lipinski definition) is 6. The first-order chi connectivity index (χ1) is 14.3. The van der Waals surface area contributed by atoms with E-state index in [0.717, 1.165) is 11.1 Å². The number of ether oxygens (including phenoxy) is 1. The number of halogens is 2. The van der Waals surface area contributed by atoms with Crippen LogP contribution >= 0.6 is 15.9 Å². The molecule has 1 aromatic carbocycles. The first-order valence-corrected chi connectivity index (χ1v) is 10.3. The van der Waals surface area contributed by atoms with Crippen LogP contribution in [0.15, 0.2) is 27.5 Å². The average molecular weight is 474 g/mol. The Bertz CT molecular complexity index is 1340. The van der Waals surface area contributed by atoms with E-state index in [1.165, 1.54) is 10.6 Å². The summed E-state index contributed by atoms with van der Waals surface area (Å²) < 4.78 is 21.1. The van der Waals surface area contributed by atoms with Gasteiger partial charge in [-0.3, -0.25) is 4.79 Å². The maximum Gasteiger partial charge on any atom is 0.343 e. The molecule has 0 amide bonds. The molecule has 2 aliphatic rings. The van der Waals surface area contributed by atoms with Crippen molar-refractivity contribution in [2.24, 2.45) is 5.73 Å². The Labute approximate surface area is 178 Å². The third-order valence-electron chi connectivity index (χ3n) is 6.05. The first-order valence-electron chi connectivity index (χ1n) is 9.47. The van der Waals surface area contributed by atoms with Crippen LogP contribution in [0.25, 0.3) is 22.3 Å². The Balaban J connectivity index is 1.84. The molecule has 0 aliphatic carbocycles. The fourth-order valence-electron chi connectivity index (χ4n) is 4.39. The summed E-state index contributed by atoms with van der Waals surface area (Å²) in [6.45, 7) is 1.89. The van der Waals surface area contributed by atoms with E-state index in [0.29, 0.717) is 26.8 Å². The van der Waals surface area contributed by atoms with E-state index >= 15 is 0 Å². The topological polar surface area (TPSA) is 107 Å². The molecule has 3 aromatic rings. The molecule has 0 bridgehead atoms. The molecule has 154 valence electrons. The molecular weight excluding hydrogens is 457 g/mol. The number of hydrogen-bond donors (Lipinski definition) is 2. The zero-order valence-electron chi connectivity index (χ0n) is 16.0. The average Bonchev–Trinajstić information content (AvgIpc) is 3.09. The van der Waals surface area contributed by atoms with Crippen molar-refractivity contribution in [1.29, 1.82) is 0 Å². The highest BCUT2D eigenvalue weighted by molar-refractivity contribution is 9.10. The van der Waals surface area contributed by atoms with E-state index in [2.05, 4.69) is 20.9 Å². The summed E-state index contributed by atoms with van der Waals surface area (Å²) in [5.74, 6) is -1.23. The minimum Gasteiger partial charge on any atom is -0.458 e. The minimum atomic E-state index is -1.89. The highest BCUT2D eigenvalue weighted by atomic mass is 79.9. The van der Waals surface area contributed by atoms with Gasteiger partial charge in [-0.1, -0.05) is 6.92 Å². The lowest BCUT2D eigenvalue weighted by Crippen LogP contribution is -2.44. The third kappa shape index (κ3) is 2.39. The van der Waals surface area contributed by atoms with Crippen molar-refractivity contribution in [3.05, 3.63) is 61.1 Å². The third-order valence-corrected chi connectivity index (χ3v) is 6.66. The molecule has 4 heterocycles. The molecule has 9 heteroatoms. The van der Waals surface area contributed by atoms with Crippen molar-refractivity contribution < 1.29 is 19.0 Å². The zero-order chi connectivity index (χ0) is 21.4. The van der Waals surface area contributed by atoms with Crippen LogP contribution in [0.2, 0.25) is 0 Å². The number of cyclic esters (lactones) is 1. The van der Waals surface area contributed by atoms with Gasteiger partial charge in [0.15, 0.2) is 5.60 Å². The van der Waals surface area contributed by atoms with Crippen LogP contribution in [0.3, 0.4) is 0 Å². The molecule has 2 aromatic heterocycles. The molecule has 7 nitrogen and oxygen atoms in total. The molecule has 0 saturated carbocycles. The predicted octanol–water partition coefficient (Wildman–Crippen LogP) is 2.44. The van der Waals surface area contributed by atoms with E-state index in [1.807, 2.05) is 0 Å². The smallest absolute Gasteiger partial charge is 0.343 e. The largest absolute Gasteiger partial charge is 0.458 e. The minimum absolute atomic E-state index is 0.0625. The lowest BCUT2D eigenvalue weighted by atomic mass is 9.86. The second kappa shape index (κ2) is 6.44. The molecule has 0 saturated heterocycles. The Morgan fingerprint density at radius 1 is 1.33 bits per heavy atom. The summed E-state index contributed by atoms with van der Waals surface area (Å²) in [4.78, 5) is 30.1. The van der Waals surface area contributed by atoms with Crippen LogP contribution in [-0.4, -0.2) is 20.6 Å². The highest BCUT2D eigenvalue weighted by Gasteiger charge is 2.45. The first kappa shape index (κ1) is 19.3. The van der Waals surface area contributed by atoms with Crippen molar-refractivity contribution in [1.82, 2.24) is 9.55 Å². The van der Waals surface area contributed by atoms with Gasteiger partial charge in [-0.05, 0) is 40.0 Å². The van der Waals surface area contributed by atoms with Crippen molar-refractivity contribution >= 4 is 32.8 Å². The number of nitrogens with zero attached hydrogens (tertiary/aromatic N) is 2. The zero-order valence-corrected chi connectivity index (χ0v) is 17.5. The van der Waals surface area contributed by atoms with E-state index in [1.54, 1.807) is 19.1 Å². The van der Waals surface area contributed by atoms with Gasteiger partial charge in [0.25, 0.3) is 5.56 Å². The molecular formula is C21H17BrFN3O4. The highest BCUT2D eigenvalue weighted by Crippen LogP contribution is 2.40. The van der Waals surface area contributed by atoms with Gasteiger partial charge >= 0.3 is 5.97 Å². The SMILES string of the molecule is CC[C@@]1(O)C(=O)OCc2c1cc1n(c2=O)Cc2c-1nc1cc(F)c(Br)cc1c2CN. The van der Waals surface area contributed by atoms with Crippen LogP contribution in [0.5, 0.6) is 0 Å². The quantitative estimate of drug-likeness (QED) is 0.433. The molecule has 0 radical (unpaired) electrons. The van der Waals surface area contributed by atoms with Crippen molar-refractivity contribution in [2.45, 2.75) is 38.6 Å². The monoisotopic (exact) mass is 473 g/mol. The Morgan fingerprint density at radius 2 is 2.10 bits per heavy atom. The number of carbonyl (C=O) groups is 1. The van der Waals surface area contributed by atoms with Crippen molar-refractivity contribution in [3.8, 4) is 11.4 Å². The lowest BCUT2D eigenvalue weighted by Gasteiger charge is -2.31. The maximum atomic E-state index is 14.2. The summed E-state index contributed by atoms with van der Waals surface area (Å²) in [6.07, 6.45) is 0.0625. The number of rotatable bonds is 2. The van der Waals surface area contributed by atoms with Gasteiger partial charge in [-0.25, -0.2) is 14.2 Å². The normalized spacial score (nSPS) is 19.4. The molecule has 2 aliphatic heterocycles. The molecule has 0 unspecified atom stereocenters. The summed E-state index contributed by atoms with van der Waals surface area (Å²) in [5, 5.41) is 11.6. The Kier molecular flexibility index (Phi) is 4.15. The van der Waals surface area contributed by atoms with E-state index in [-0.39, 0.29) is 42.8 Å². The molecule has 0 fully saturated rings. The number of aliphatic hydroxyl groups is 1. The number of pyridine rings is 2. The summed E-state index contributed by atoms with van der Waals surface area (Å²) in [7, 11) is 0.